The third-order valence-electron chi connectivity index (χ3n) is 5.36. The molecule has 0 spiro atoms. The van der Waals surface area contributed by atoms with Crippen LogP contribution in [0.3, 0.4) is 0 Å². The largest absolute Gasteiger partial charge is 0.490 e. The molecule has 0 saturated heterocycles. The SMILES string of the molecule is C=CCOc1ccc(C2CC(=O)N(CCC)c3ccc4ccccc4c32)cc1. The van der Waals surface area contributed by atoms with Gasteiger partial charge < -0.3 is 9.64 Å². The Morgan fingerprint density at radius 1 is 1.11 bits per heavy atom. The van der Waals surface area contributed by atoms with Crippen LogP contribution in [0, 0.1) is 0 Å². The van der Waals surface area contributed by atoms with E-state index in [0.29, 0.717) is 13.0 Å². The smallest absolute Gasteiger partial charge is 0.227 e. The molecule has 0 saturated carbocycles. The summed E-state index contributed by atoms with van der Waals surface area (Å²) >= 11 is 0. The molecule has 0 fully saturated rings. The first-order valence-corrected chi connectivity index (χ1v) is 9.88. The molecule has 4 rings (SSSR count). The topological polar surface area (TPSA) is 29.5 Å². The van der Waals surface area contributed by atoms with Gasteiger partial charge in [0, 0.05) is 24.6 Å². The molecule has 1 aliphatic rings. The van der Waals surface area contributed by atoms with Crippen molar-refractivity contribution in [2.24, 2.45) is 0 Å². The molecule has 0 bridgehead atoms. The number of nitrogens with zero attached hydrogens (tertiary/aromatic N) is 1. The first-order valence-electron chi connectivity index (χ1n) is 9.88. The summed E-state index contributed by atoms with van der Waals surface area (Å²) in [4.78, 5) is 14.9. The highest BCUT2D eigenvalue weighted by atomic mass is 16.5. The number of rotatable bonds is 6. The Kier molecular flexibility index (Phi) is 5.16. The summed E-state index contributed by atoms with van der Waals surface area (Å²) in [6.07, 6.45) is 3.17. The quantitative estimate of drug-likeness (QED) is 0.522. The van der Waals surface area contributed by atoms with Gasteiger partial charge >= 0.3 is 0 Å². The van der Waals surface area contributed by atoms with Gasteiger partial charge in [-0.05, 0) is 46.5 Å². The van der Waals surface area contributed by atoms with Crippen LogP contribution in [-0.2, 0) is 4.79 Å². The van der Waals surface area contributed by atoms with Gasteiger partial charge in [0.2, 0.25) is 5.91 Å². The molecule has 1 heterocycles. The molecule has 1 aliphatic heterocycles. The summed E-state index contributed by atoms with van der Waals surface area (Å²) in [6, 6.07) is 20.8. The fourth-order valence-electron chi connectivity index (χ4n) is 4.11. The summed E-state index contributed by atoms with van der Waals surface area (Å²) in [5, 5.41) is 2.44. The van der Waals surface area contributed by atoms with E-state index in [1.165, 1.54) is 16.3 Å². The number of carbonyl (C=O) groups is 1. The van der Waals surface area contributed by atoms with Crippen LogP contribution < -0.4 is 9.64 Å². The maximum atomic E-state index is 13.0. The molecule has 1 amide bonds. The predicted octanol–water partition coefficient (Wildman–Crippen LogP) is 5.68. The van der Waals surface area contributed by atoms with E-state index < -0.39 is 0 Å². The van der Waals surface area contributed by atoms with Gasteiger partial charge in [-0.1, -0.05) is 62.0 Å². The van der Waals surface area contributed by atoms with Crippen molar-refractivity contribution in [1.29, 1.82) is 0 Å². The monoisotopic (exact) mass is 371 g/mol. The van der Waals surface area contributed by atoms with Gasteiger partial charge in [0.25, 0.3) is 0 Å². The zero-order valence-corrected chi connectivity index (χ0v) is 16.2. The Hall–Kier alpha value is -3.07. The van der Waals surface area contributed by atoms with Crippen LogP contribution in [0.15, 0.2) is 73.3 Å². The van der Waals surface area contributed by atoms with Crippen LogP contribution in [0.25, 0.3) is 10.8 Å². The highest BCUT2D eigenvalue weighted by Gasteiger charge is 2.33. The van der Waals surface area contributed by atoms with Crippen molar-refractivity contribution >= 4 is 22.4 Å². The molecule has 1 unspecified atom stereocenters. The van der Waals surface area contributed by atoms with E-state index in [4.69, 9.17) is 4.74 Å². The van der Waals surface area contributed by atoms with Crippen molar-refractivity contribution in [3.8, 4) is 5.75 Å². The molecule has 28 heavy (non-hydrogen) atoms. The second-order valence-electron chi connectivity index (χ2n) is 7.19. The highest BCUT2D eigenvalue weighted by Crippen LogP contribution is 2.44. The van der Waals surface area contributed by atoms with Gasteiger partial charge in [-0.3, -0.25) is 4.79 Å². The molecule has 3 aromatic rings. The minimum Gasteiger partial charge on any atom is -0.490 e. The van der Waals surface area contributed by atoms with Gasteiger partial charge in [-0.15, -0.1) is 0 Å². The maximum absolute atomic E-state index is 13.0. The molecule has 1 atom stereocenters. The zero-order valence-electron chi connectivity index (χ0n) is 16.2. The standard InChI is InChI=1S/C25H25NO2/c1-3-15-26-23-14-11-18-7-5-6-8-21(18)25(23)22(17-24(26)27)19-9-12-20(13-10-19)28-16-4-2/h4-14,22H,2-3,15-17H2,1H3. The second kappa shape index (κ2) is 7.89. The highest BCUT2D eigenvalue weighted by molar-refractivity contribution is 6.03. The zero-order chi connectivity index (χ0) is 19.5. The lowest BCUT2D eigenvalue weighted by molar-refractivity contribution is -0.119. The number of hydrogen-bond donors (Lipinski definition) is 0. The van der Waals surface area contributed by atoms with Crippen LogP contribution in [0.4, 0.5) is 5.69 Å². The van der Waals surface area contributed by atoms with Gasteiger partial charge in [-0.25, -0.2) is 0 Å². The van der Waals surface area contributed by atoms with E-state index in [-0.39, 0.29) is 11.8 Å². The van der Waals surface area contributed by atoms with E-state index >= 15 is 0 Å². The van der Waals surface area contributed by atoms with Crippen molar-refractivity contribution in [3.05, 3.63) is 84.4 Å². The lowest BCUT2D eigenvalue weighted by Gasteiger charge is -2.35. The Labute approximate surface area is 166 Å². The van der Waals surface area contributed by atoms with Gasteiger partial charge in [0.15, 0.2) is 0 Å². The van der Waals surface area contributed by atoms with E-state index in [2.05, 4.69) is 62.0 Å². The molecule has 3 aromatic carbocycles. The first-order chi connectivity index (χ1) is 13.7. The second-order valence-corrected chi connectivity index (χ2v) is 7.19. The van der Waals surface area contributed by atoms with E-state index in [0.717, 1.165) is 30.0 Å². The normalized spacial score (nSPS) is 16.1. The average molecular weight is 371 g/mol. The molecule has 0 aromatic heterocycles. The van der Waals surface area contributed by atoms with E-state index in [9.17, 15) is 4.79 Å². The minimum atomic E-state index is 0.0511. The molecule has 142 valence electrons. The van der Waals surface area contributed by atoms with Crippen molar-refractivity contribution in [2.75, 3.05) is 18.1 Å². The molecule has 3 nitrogen and oxygen atoms in total. The van der Waals surface area contributed by atoms with Gasteiger partial charge in [0.1, 0.15) is 12.4 Å². The van der Waals surface area contributed by atoms with Crippen LogP contribution in [0.5, 0.6) is 5.75 Å². The minimum absolute atomic E-state index is 0.0511. The molecule has 0 aliphatic carbocycles. The van der Waals surface area contributed by atoms with Crippen LogP contribution in [-0.4, -0.2) is 19.1 Å². The molecular formula is C25H25NO2. The third-order valence-corrected chi connectivity index (χ3v) is 5.36. The van der Waals surface area contributed by atoms with Crippen LogP contribution in [0.1, 0.15) is 36.8 Å². The number of carbonyl (C=O) groups excluding carboxylic acids is 1. The average Bonchev–Trinajstić information content (AvgIpc) is 2.74. The number of fused-ring (bicyclic) bond motifs is 3. The van der Waals surface area contributed by atoms with Gasteiger partial charge in [-0.2, -0.15) is 0 Å². The molecule has 0 radical (unpaired) electrons. The van der Waals surface area contributed by atoms with Crippen LogP contribution >= 0.6 is 0 Å². The van der Waals surface area contributed by atoms with Crippen molar-refractivity contribution in [2.45, 2.75) is 25.7 Å². The molecule has 0 N–H and O–H groups in total. The number of amides is 1. The fraction of sp³-hybridized carbons (Fsp3) is 0.240. The van der Waals surface area contributed by atoms with Gasteiger partial charge in [0.05, 0.1) is 0 Å². The molecule has 3 heteroatoms. The van der Waals surface area contributed by atoms with E-state index in [1.807, 2.05) is 17.0 Å². The third kappa shape index (κ3) is 3.29. The number of hydrogen-bond acceptors (Lipinski definition) is 2. The summed E-state index contributed by atoms with van der Waals surface area (Å²) in [7, 11) is 0. The van der Waals surface area contributed by atoms with Crippen molar-refractivity contribution < 1.29 is 9.53 Å². The van der Waals surface area contributed by atoms with Crippen molar-refractivity contribution in [1.82, 2.24) is 0 Å². The lowest BCUT2D eigenvalue weighted by atomic mass is 9.81. The lowest BCUT2D eigenvalue weighted by Crippen LogP contribution is -2.37. The molecular weight excluding hydrogens is 346 g/mol. The maximum Gasteiger partial charge on any atom is 0.227 e. The van der Waals surface area contributed by atoms with Crippen molar-refractivity contribution in [3.63, 3.8) is 0 Å². The first kappa shape index (κ1) is 18.3. The summed E-state index contributed by atoms with van der Waals surface area (Å²) in [5.41, 5.74) is 3.45. The number of ether oxygens (including phenoxy) is 1. The Balaban J connectivity index is 1.83. The summed E-state index contributed by atoms with van der Waals surface area (Å²) in [6.45, 7) is 7.04. The Bertz CT molecular complexity index is 1010. The Morgan fingerprint density at radius 3 is 2.64 bits per heavy atom. The number of benzene rings is 3. The van der Waals surface area contributed by atoms with Crippen LogP contribution in [0.2, 0.25) is 0 Å². The predicted molar refractivity (Wildman–Crippen MR) is 115 cm³/mol. The van der Waals surface area contributed by atoms with E-state index in [1.54, 1.807) is 6.08 Å². The summed E-state index contributed by atoms with van der Waals surface area (Å²) < 4.78 is 5.61. The number of anilines is 1. The summed E-state index contributed by atoms with van der Waals surface area (Å²) in [5.74, 6) is 1.06. The Morgan fingerprint density at radius 2 is 1.89 bits per heavy atom. The fourth-order valence-corrected chi connectivity index (χ4v) is 4.11.